The maximum atomic E-state index is 11.8. The number of nitrogens with two attached hydrogens (primary N) is 1. The minimum Gasteiger partial charge on any atom is -0.493 e. The predicted octanol–water partition coefficient (Wildman–Crippen LogP) is 3.44. The molecule has 0 atom stereocenters. The Morgan fingerprint density at radius 3 is 2.65 bits per heavy atom. The van der Waals surface area contributed by atoms with Crippen molar-refractivity contribution in [3.05, 3.63) is 53.0 Å². The third kappa shape index (κ3) is 4.28. The highest BCUT2D eigenvalue weighted by atomic mass is 79.9. The SMILES string of the molecule is Nc1cc(NC(=O)CCOc2ccccc2)ccc1Br. The van der Waals surface area contributed by atoms with Gasteiger partial charge >= 0.3 is 0 Å². The summed E-state index contributed by atoms with van der Waals surface area (Å²) in [5.41, 5.74) is 7.01. The highest BCUT2D eigenvalue weighted by molar-refractivity contribution is 9.10. The molecule has 0 saturated carbocycles. The molecule has 3 N–H and O–H groups in total. The Balaban J connectivity index is 1.79. The van der Waals surface area contributed by atoms with Crippen LogP contribution in [0.5, 0.6) is 5.75 Å². The van der Waals surface area contributed by atoms with Crippen molar-refractivity contribution in [1.29, 1.82) is 0 Å². The first-order valence-electron chi connectivity index (χ1n) is 6.18. The van der Waals surface area contributed by atoms with Crippen LogP contribution < -0.4 is 15.8 Å². The molecule has 0 heterocycles. The van der Waals surface area contributed by atoms with Gasteiger partial charge in [0, 0.05) is 15.8 Å². The van der Waals surface area contributed by atoms with E-state index >= 15 is 0 Å². The summed E-state index contributed by atoms with van der Waals surface area (Å²) in [5.74, 6) is 0.649. The maximum absolute atomic E-state index is 11.8. The molecule has 2 aromatic carbocycles. The van der Waals surface area contributed by atoms with E-state index in [0.717, 1.165) is 10.2 Å². The van der Waals surface area contributed by atoms with Crippen molar-refractivity contribution in [2.24, 2.45) is 0 Å². The molecule has 1 amide bonds. The van der Waals surface area contributed by atoms with Gasteiger partial charge in [0.15, 0.2) is 0 Å². The van der Waals surface area contributed by atoms with Gasteiger partial charge in [0.1, 0.15) is 5.75 Å². The Morgan fingerprint density at radius 1 is 1.20 bits per heavy atom. The Kier molecular flexibility index (Phi) is 5.01. The van der Waals surface area contributed by atoms with Crippen LogP contribution in [-0.2, 0) is 4.79 Å². The van der Waals surface area contributed by atoms with Gasteiger partial charge in [-0.3, -0.25) is 4.79 Å². The van der Waals surface area contributed by atoms with Gasteiger partial charge in [0.05, 0.1) is 13.0 Å². The van der Waals surface area contributed by atoms with E-state index in [1.807, 2.05) is 30.3 Å². The first-order valence-corrected chi connectivity index (χ1v) is 6.97. The summed E-state index contributed by atoms with van der Waals surface area (Å²) in [4.78, 5) is 11.8. The number of anilines is 2. The van der Waals surface area contributed by atoms with Crippen LogP contribution in [-0.4, -0.2) is 12.5 Å². The fourth-order valence-electron chi connectivity index (χ4n) is 1.62. The van der Waals surface area contributed by atoms with Gasteiger partial charge in [-0.1, -0.05) is 18.2 Å². The maximum Gasteiger partial charge on any atom is 0.227 e. The minimum atomic E-state index is -0.109. The third-order valence-corrected chi connectivity index (χ3v) is 3.34. The Morgan fingerprint density at radius 2 is 1.95 bits per heavy atom. The zero-order chi connectivity index (χ0) is 14.4. The van der Waals surface area contributed by atoms with Gasteiger partial charge in [0.25, 0.3) is 0 Å². The average molecular weight is 335 g/mol. The number of nitrogens with one attached hydrogen (secondary N) is 1. The molecule has 5 heteroatoms. The van der Waals surface area contributed by atoms with Gasteiger partial charge in [-0.15, -0.1) is 0 Å². The molecular weight excluding hydrogens is 320 g/mol. The second-order valence-electron chi connectivity index (χ2n) is 4.20. The summed E-state index contributed by atoms with van der Waals surface area (Å²) in [7, 11) is 0. The van der Waals surface area contributed by atoms with Gasteiger partial charge in [-0.05, 0) is 46.3 Å². The van der Waals surface area contributed by atoms with Crippen LogP contribution in [0.15, 0.2) is 53.0 Å². The number of para-hydroxylation sites is 1. The molecule has 2 aromatic rings. The number of hydrogen-bond acceptors (Lipinski definition) is 3. The first kappa shape index (κ1) is 14.4. The number of carbonyl (C=O) groups excluding carboxylic acids is 1. The predicted molar refractivity (Wildman–Crippen MR) is 83.7 cm³/mol. The van der Waals surface area contributed by atoms with Crippen molar-refractivity contribution in [1.82, 2.24) is 0 Å². The zero-order valence-electron chi connectivity index (χ0n) is 10.8. The van der Waals surface area contributed by atoms with Gasteiger partial charge in [-0.25, -0.2) is 0 Å². The normalized spacial score (nSPS) is 10.1. The molecule has 0 aliphatic heterocycles. The van der Waals surface area contributed by atoms with Crippen LogP contribution in [0.4, 0.5) is 11.4 Å². The van der Waals surface area contributed by atoms with Crippen molar-refractivity contribution in [3.63, 3.8) is 0 Å². The summed E-state index contributed by atoms with van der Waals surface area (Å²) in [6, 6.07) is 14.7. The highest BCUT2D eigenvalue weighted by Gasteiger charge is 2.04. The molecule has 0 fully saturated rings. The highest BCUT2D eigenvalue weighted by Crippen LogP contribution is 2.22. The lowest BCUT2D eigenvalue weighted by Crippen LogP contribution is -2.15. The number of carbonyl (C=O) groups is 1. The van der Waals surface area contributed by atoms with Crippen LogP contribution in [0.25, 0.3) is 0 Å². The van der Waals surface area contributed by atoms with E-state index < -0.39 is 0 Å². The Hall–Kier alpha value is -2.01. The summed E-state index contributed by atoms with van der Waals surface area (Å²) in [6.45, 7) is 0.335. The van der Waals surface area contributed by atoms with Crippen molar-refractivity contribution in [3.8, 4) is 5.75 Å². The summed E-state index contributed by atoms with van der Waals surface area (Å²) in [6.07, 6.45) is 0.283. The van der Waals surface area contributed by atoms with Gasteiger partial charge in [-0.2, -0.15) is 0 Å². The molecule has 0 saturated heterocycles. The van der Waals surface area contributed by atoms with E-state index in [1.54, 1.807) is 18.2 Å². The quantitative estimate of drug-likeness (QED) is 0.823. The Labute approximate surface area is 126 Å². The van der Waals surface area contributed by atoms with Crippen LogP contribution >= 0.6 is 15.9 Å². The number of rotatable bonds is 5. The lowest BCUT2D eigenvalue weighted by atomic mass is 10.2. The van der Waals surface area contributed by atoms with Gasteiger partial charge in [0.2, 0.25) is 5.91 Å². The van der Waals surface area contributed by atoms with Crippen LogP contribution in [0.3, 0.4) is 0 Å². The fourth-order valence-corrected chi connectivity index (χ4v) is 1.87. The van der Waals surface area contributed by atoms with Crippen molar-refractivity contribution >= 4 is 33.2 Å². The number of nitrogen functional groups attached to an aromatic ring is 1. The number of hydrogen-bond donors (Lipinski definition) is 2. The molecule has 104 valence electrons. The third-order valence-electron chi connectivity index (χ3n) is 2.62. The van der Waals surface area contributed by atoms with E-state index in [2.05, 4.69) is 21.2 Å². The second kappa shape index (κ2) is 6.96. The van der Waals surface area contributed by atoms with E-state index in [9.17, 15) is 4.79 Å². The van der Waals surface area contributed by atoms with Crippen LogP contribution in [0, 0.1) is 0 Å². The Bertz CT molecular complexity index is 588. The molecule has 4 nitrogen and oxygen atoms in total. The number of halogens is 1. The number of benzene rings is 2. The second-order valence-corrected chi connectivity index (χ2v) is 5.05. The van der Waals surface area contributed by atoms with E-state index in [-0.39, 0.29) is 12.3 Å². The molecule has 0 radical (unpaired) electrons. The van der Waals surface area contributed by atoms with Crippen LogP contribution in [0.2, 0.25) is 0 Å². The molecule has 0 aliphatic rings. The molecule has 0 aliphatic carbocycles. The van der Waals surface area contributed by atoms with E-state index in [4.69, 9.17) is 10.5 Å². The van der Waals surface area contributed by atoms with Crippen LogP contribution in [0.1, 0.15) is 6.42 Å². The monoisotopic (exact) mass is 334 g/mol. The van der Waals surface area contributed by atoms with Crippen molar-refractivity contribution < 1.29 is 9.53 Å². The number of amides is 1. The average Bonchev–Trinajstić information content (AvgIpc) is 2.44. The smallest absolute Gasteiger partial charge is 0.227 e. The topological polar surface area (TPSA) is 64.3 Å². The molecule has 0 spiro atoms. The number of ether oxygens (including phenoxy) is 1. The standard InChI is InChI=1S/C15H15BrN2O2/c16-13-7-6-11(10-14(13)17)18-15(19)8-9-20-12-4-2-1-3-5-12/h1-7,10H,8-9,17H2,(H,18,19). The molecule has 0 aromatic heterocycles. The lowest BCUT2D eigenvalue weighted by molar-refractivity contribution is -0.116. The summed E-state index contributed by atoms with van der Waals surface area (Å²) < 4.78 is 6.27. The fraction of sp³-hybridized carbons (Fsp3) is 0.133. The minimum absolute atomic E-state index is 0.109. The van der Waals surface area contributed by atoms with Crippen molar-refractivity contribution in [2.75, 3.05) is 17.7 Å². The lowest BCUT2D eigenvalue weighted by Gasteiger charge is -2.08. The van der Waals surface area contributed by atoms with Crippen molar-refractivity contribution in [2.45, 2.75) is 6.42 Å². The molecular formula is C15H15BrN2O2. The van der Waals surface area contributed by atoms with E-state index in [1.165, 1.54) is 0 Å². The first-order chi connectivity index (χ1) is 9.65. The summed E-state index contributed by atoms with van der Waals surface area (Å²) in [5, 5.41) is 2.78. The molecule has 0 unspecified atom stereocenters. The molecule has 20 heavy (non-hydrogen) atoms. The molecule has 0 bridgehead atoms. The van der Waals surface area contributed by atoms with E-state index in [0.29, 0.717) is 18.0 Å². The summed E-state index contributed by atoms with van der Waals surface area (Å²) >= 11 is 3.31. The zero-order valence-corrected chi connectivity index (χ0v) is 12.4. The largest absolute Gasteiger partial charge is 0.493 e. The molecule has 2 rings (SSSR count). The van der Waals surface area contributed by atoms with Gasteiger partial charge < -0.3 is 15.8 Å².